The molecule has 420 valence electrons. The summed E-state index contributed by atoms with van der Waals surface area (Å²) in [5.41, 5.74) is 3.79. The molecule has 5 heterocycles. The van der Waals surface area contributed by atoms with Crippen molar-refractivity contribution in [3.63, 3.8) is 0 Å². The number of ether oxygens (including phenoxy) is 7. The molecule has 74 heavy (non-hydrogen) atoms. The monoisotopic (exact) mass is 1070 g/mol. The number of likely N-dealkylation sites (N-methyl/N-ethyl adjacent to an activating group) is 2. The summed E-state index contributed by atoms with van der Waals surface area (Å²) in [6.45, 7) is 19.9. The number of methoxy groups -OCH3 is 1. The third kappa shape index (κ3) is 14.8. The Labute approximate surface area is 441 Å². The molecule has 6 rings (SSSR count). The van der Waals surface area contributed by atoms with Crippen molar-refractivity contribution in [1.29, 1.82) is 0 Å². The zero-order chi connectivity index (χ0) is 54.3. The van der Waals surface area contributed by atoms with E-state index >= 15 is 0 Å². The number of nitrogens with zero attached hydrogens (tertiary/aromatic N) is 6. The molecule has 1 aromatic heterocycles. The van der Waals surface area contributed by atoms with E-state index in [1.54, 1.807) is 41.5 Å². The number of hydrogen-bond acceptors (Lipinski definition) is 23. The van der Waals surface area contributed by atoms with Crippen LogP contribution in [0.1, 0.15) is 108 Å². The number of carbonyl (C=O) groups excluding carboxylic acids is 1. The molecule has 3 saturated heterocycles. The van der Waals surface area contributed by atoms with Crippen LogP contribution in [0.4, 0.5) is 10.8 Å². The third-order valence-corrected chi connectivity index (χ3v) is 16.2. The highest BCUT2D eigenvalue weighted by Crippen LogP contribution is 2.40. The molecule has 0 bridgehead atoms. The summed E-state index contributed by atoms with van der Waals surface area (Å²) < 4.78 is 48.1. The minimum atomic E-state index is -1.83. The number of aliphatic hydroxyl groups is 5. The van der Waals surface area contributed by atoms with Crippen molar-refractivity contribution >= 4 is 28.3 Å². The fourth-order valence-electron chi connectivity index (χ4n) is 11.1. The SMILES string of the molecule is CC[C@H]1OC(=O)[C@H](C)[C@@H](O[C@H]2C[C@@](C)(OC)[C@@H](O)[C@H](C)O2)[C@H](C)[C@@H](O[C@@H]2O[C@H](C)C[C@H](N(C)CCC3=CN(CCCOc4ccc(Nc5nnns5)cc4)NN3)[C@H]2O)[C@](C)(O)C[C@@H](C)CN(C)[C@H](C)[C@@H](O)[C@]1(C)O. The van der Waals surface area contributed by atoms with Gasteiger partial charge in [0.1, 0.15) is 35.8 Å². The minimum Gasteiger partial charge on any atom is -0.494 e. The highest BCUT2D eigenvalue weighted by molar-refractivity contribution is 7.09. The second kappa shape index (κ2) is 25.8. The van der Waals surface area contributed by atoms with Gasteiger partial charge in [-0.2, -0.15) is 0 Å². The molecule has 0 saturated carbocycles. The van der Waals surface area contributed by atoms with Crippen LogP contribution in [-0.4, -0.2) is 199 Å². The largest absolute Gasteiger partial charge is 0.494 e. The topological polar surface area (TPSA) is 267 Å². The molecule has 23 heteroatoms. The molecule has 22 nitrogen and oxygen atoms in total. The first-order valence-electron chi connectivity index (χ1n) is 26.3. The molecular weight excluding hydrogens is 979 g/mol. The Morgan fingerprint density at radius 3 is 2.38 bits per heavy atom. The Kier molecular flexibility index (Phi) is 20.9. The lowest BCUT2D eigenvalue weighted by atomic mass is 9.77. The first kappa shape index (κ1) is 59.8. The number of hydrazine groups is 2. The average molecular weight is 1070 g/mol. The maximum Gasteiger partial charge on any atom is 0.311 e. The summed E-state index contributed by atoms with van der Waals surface area (Å²) in [6, 6.07) is 6.65. The van der Waals surface area contributed by atoms with E-state index in [1.165, 1.54) is 25.6 Å². The van der Waals surface area contributed by atoms with E-state index in [4.69, 9.17) is 33.2 Å². The zero-order valence-electron chi connectivity index (χ0n) is 45.7. The molecule has 4 aliphatic heterocycles. The number of anilines is 2. The quantitative estimate of drug-likeness (QED) is 0.0835. The zero-order valence-corrected chi connectivity index (χ0v) is 46.5. The molecule has 4 aliphatic rings. The van der Waals surface area contributed by atoms with Crippen LogP contribution in [0.5, 0.6) is 5.75 Å². The lowest BCUT2D eigenvalue weighted by Crippen LogP contribution is -2.61. The number of benzene rings is 1. The molecule has 0 radical (unpaired) electrons. The van der Waals surface area contributed by atoms with Crippen LogP contribution in [0.15, 0.2) is 36.2 Å². The summed E-state index contributed by atoms with van der Waals surface area (Å²) in [5, 5.41) is 73.0. The number of hydrogen-bond donors (Lipinski definition) is 8. The van der Waals surface area contributed by atoms with Crippen LogP contribution in [0.25, 0.3) is 0 Å². The third-order valence-electron chi connectivity index (χ3n) is 15.7. The normalized spacial score (nSPS) is 39.2. The lowest BCUT2D eigenvalue weighted by molar-refractivity contribution is -0.318. The van der Waals surface area contributed by atoms with Crippen LogP contribution >= 0.6 is 11.5 Å². The molecule has 0 aliphatic carbocycles. The van der Waals surface area contributed by atoms with Gasteiger partial charge in [-0.05, 0) is 117 Å². The molecule has 2 aromatic rings. The summed E-state index contributed by atoms with van der Waals surface area (Å²) in [4.78, 5) is 18.5. The predicted octanol–water partition coefficient (Wildman–Crippen LogP) is 3.29. The fourth-order valence-corrected chi connectivity index (χ4v) is 11.5. The molecule has 3 fully saturated rings. The van der Waals surface area contributed by atoms with Crippen molar-refractivity contribution < 1.29 is 63.5 Å². The Hall–Kier alpha value is -3.40. The first-order valence-corrected chi connectivity index (χ1v) is 27.0. The first-order chi connectivity index (χ1) is 34.9. The van der Waals surface area contributed by atoms with E-state index < -0.39 is 102 Å². The van der Waals surface area contributed by atoms with Crippen molar-refractivity contribution in [3.8, 4) is 5.75 Å². The van der Waals surface area contributed by atoms with Gasteiger partial charge in [0.05, 0.1) is 48.1 Å². The fraction of sp³-hybridized carbons (Fsp3) is 0.804. The van der Waals surface area contributed by atoms with Gasteiger partial charge in [0.2, 0.25) is 5.13 Å². The van der Waals surface area contributed by atoms with E-state index in [1.807, 2.05) is 75.2 Å². The molecular formula is C51H87N9O13S. The highest BCUT2D eigenvalue weighted by atomic mass is 32.1. The van der Waals surface area contributed by atoms with Crippen LogP contribution in [0.2, 0.25) is 0 Å². The predicted molar refractivity (Wildman–Crippen MR) is 276 cm³/mol. The Morgan fingerprint density at radius 2 is 1.72 bits per heavy atom. The van der Waals surface area contributed by atoms with Gasteiger partial charge >= 0.3 is 5.97 Å². The number of esters is 1. The second-order valence-corrected chi connectivity index (χ2v) is 22.8. The molecule has 1 aromatic carbocycles. The molecule has 18 atom stereocenters. The van der Waals surface area contributed by atoms with Gasteiger partial charge in [-0.1, -0.05) is 30.4 Å². The van der Waals surface area contributed by atoms with Crippen molar-refractivity contribution in [2.75, 3.05) is 52.8 Å². The number of rotatable bonds is 17. The number of aromatic nitrogens is 3. The van der Waals surface area contributed by atoms with Crippen LogP contribution < -0.4 is 21.0 Å². The smallest absolute Gasteiger partial charge is 0.311 e. The van der Waals surface area contributed by atoms with Gasteiger partial charge < -0.3 is 79.2 Å². The summed E-state index contributed by atoms with van der Waals surface area (Å²) in [5.74, 6) is -2.00. The van der Waals surface area contributed by atoms with Crippen LogP contribution in [-0.2, 0) is 33.2 Å². The Bertz CT molecular complexity index is 2080. The van der Waals surface area contributed by atoms with Crippen molar-refractivity contribution in [1.82, 2.24) is 40.6 Å². The Morgan fingerprint density at radius 1 is 1.00 bits per heavy atom. The average Bonchev–Trinajstić information content (AvgIpc) is 4.06. The molecule has 8 N–H and O–H groups in total. The van der Waals surface area contributed by atoms with Gasteiger partial charge in [0, 0.05) is 93.1 Å². The van der Waals surface area contributed by atoms with Gasteiger partial charge in [-0.25, -0.2) is 0 Å². The van der Waals surface area contributed by atoms with Crippen molar-refractivity contribution in [3.05, 3.63) is 36.2 Å². The van der Waals surface area contributed by atoms with E-state index in [2.05, 4.69) is 36.0 Å². The van der Waals surface area contributed by atoms with E-state index in [9.17, 15) is 30.3 Å². The molecule has 0 unspecified atom stereocenters. The van der Waals surface area contributed by atoms with Crippen LogP contribution in [0.3, 0.4) is 0 Å². The van der Waals surface area contributed by atoms with E-state index in [0.717, 1.165) is 23.6 Å². The molecule has 0 spiro atoms. The number of nitrogens with one attached hydrogen (secondary N) is 3. The number of cyclic esters (lactones) is 1. The maximum absolute atomic E-state index is 14.5. The summed E-state index contributed by atoms with van der Waals surface area (Å²) >= 11 is 1.18. The van der Waals surface area contributed by atoms with Gasteiger partial charge in [0.25, 0.3) is 0 Å². The lowest BCUT2D eigenvalue weighted by Gasteiger charge is -2.49. The maximum atomic E-state index is 14.5. The van der Waals surface area contributed by atoms with E-state index in [0.29, 0.717) is 44.2 Å². The second-order valence-electron chi connectivity index (χ2n) is 22.0. The standard InChI is InChI=1S/C51H87N9O13S/c1-14-39-51(10,66)43(62)33(6)59(12)27-29(2)25-49(8,65)45(31(4)42(32(5)46(64)71-39)72-40-26-50(9,67-13)44(63)34(7)70-40)73-47-41(61)38(24-30(3)69-47)58(11)22-20-36-28-60(56-53-36)21-15-23-68-37-18-16-35(17-19-37)52-48-54-55-57-74-48/h16-19,28-34,38-45,47,53,56,61-63,65-66H,14-15,20-27H2,1-13H3,(H,52,54,57)/t29-,30-,31+,32-,33-,34+,38+,39-,40+,41-,42+,43-,44+,45-,47+,49-,50-,51-/m1/s1. The molecule has 0 amide bonds. The summed E-state index contributed by atoms with van der Waals surface area (Å²) in [7, 11) is 5.31. The van der Waals surface area contributed by atoms with Gasteiger partial charge in [-0.15, -0.1) is 5.53 Å². The number of aliphatic hydroxyl groups excluding tert-OH is 3. The Balaban J connectivity index is 1.17. The highest BCUT2D eigenvalue weighted by Gasteiger charge is 2.53. The number of carbonyl (C=O) groups is 1. The minimum absolute atomic E-state index is 0.105. The van der Waals surface area contributed by atoms with Crippen LogP contribution in [0, 0.1) is 17.8 Å². The van der Waals surface area contributed by atoms with Gasteiger partial charge in [-0.3, -0.25) is 9.80 Å². The summed E-state index contributed by atoms with van der Waals surface area (Å²) in [6.07, 6.45) is -5.49. The van der Waals surface area contributed by atoms with Crippen molar-refractivity contribution in [2.24, 2.45) is 17.8 Å². The van der Waals surface area contributed by atoms with Crippen molar-refractivity contribution in [2.45, 2.75) is 198 Å². The van der Waals surface area contributed by atoms with Gasteiger partial charge in [0.15, 0.2) is 12.6 Å². The van der Waals surface area contributed by atoms with E-state index in [-0.39, 0.29) is 31.3 Å².